The third kappa shape index (κ3) is 4.42. The van der Waals surface area contributed by atoms with Gasteiger partial charge < -0.3 is 15.0 Å². The van der Waals surface area contributed by atoms with E-state index in [-0.39, 0.29) is 5.91 Å². The highest BCUT2D eigenvalue weighted by Gasteiger charge is 2.18. The fourth-order valence-corrected chi connectivity index (χ4v) is 4.98. The van der Waals surface area contributed by atoms with Gasteiger partial charge in [-0.05, 0) is 55.4 Å². The van der Waals surface area contributed by atoms with Crippen LogP contribution in [0.5, 0.6) is 5.75 Å². The molecule has 5 nitrogen and oxygen atoms in total. The SMILES string of the molecule is O=C(c1cccc(OCCCNc2nsc3cscc23)c1)N1CCCCC1. The van der Waals surface area contributed by atoms with Crippen molar-refractivity contribution < 1.29 is 9.53 Å². The van der Waals surface area contributed by atoms with E-state index in [9.17, 15) is 4.79 Å². The Morgan fingerprint density at radius 1 is 1.22 bits per heavy atom. The Bertz CT molecular complexity index is 899. The summed E-state index contributed by atoms with van der Waals surface area (Å²) in [4.78, 5) is 14.5. The lowest BCUT2D eigenvalue weighted by atomic mass is 10.1. The number of ether oxygens (including phenoxy) is 1. The summed E-state index contributed by atoms with van der Waals surface area (Å²) in [5, 5.41) is 8.83. The van der Waals surface area contributed by atoms with E-state index in [1.54, 1.807) is 11.3 Å². The second-order valence-electron chi connectivity index (χ2n) is 6.69. The molecule has 0 saturated carbocycles. The summed E-state index contributed by atoms with van der Waals surface area (Å²) >= 11 is 3.23. The molecule has 3 heterocycles. The van der Waals surface area contributed by atoms with Gasteiger partial charge in [0.15, 0.2) is 0 Å². The van der Waals surface area contributed by atoms with Crippen LogP contribution in [-0.4, -0.2) is 41.4 Å². The Labute approximate surface area is 167 Å². The fraction of sp³-hybridized carbons (Fsp3) is 0.400. The van der Waals surface area contributed by atoms with Gasteiger partial charge in [0.1, 0.15) is 11.6 Å². The summed E-state index contributed by atoms with van der Waals surface area (Å²) in [6.45, 7) is 3.14. The van der Waals surface area contributed by atoms with Crippen molar-refractivity contribution >= 4 is 44.7 Å². The summed E-state index contributed by atoms with van der Waals surface area (Å²) in [6.07, 6.45) is 4.30. The number of likely N-dealkylation sites (tertiary alicyclic amines) is 1. The molecule has 0 spiro atoms. The molecule has 0 radical (unpaired) electrons. The van der Waals surface area contributed by atoms with Crippen LogP contribution in [0.2, 0.25) is 0 Å². The number of amides is 1. The molecule has 1 aliphatic rings. The summed E-state index contributed by atoms with van der Waals surface area (Å²) < 4.78 is 11.5. The average Bonchev–Trinajstić information content (AvgIpc) is 3.33. The Balaban J connectivity index is 1.25. The van der Waals surface area contributed by atoms with Crippen molar-refractivity contribution in [3.63, 3.8) is 0 Å². The van der Waals surface area contributed by atoms with Gasteiger partial charge in [-0.2, -0.15) is 15.7 Å². The number of aromatic nitrogens is 1. The Kier molecular flexibility index (Phi) is 5.89. The third-order valence-electron chi connectivity index (χ3n) is 4.72. The third-order valence-corrected chi connectivity index (χ3v) is 6.42. The van der Waals surface area contributed by atoms with Gasteiger partial charge in [-0.3, -0.25) is 4.79 Å². The standard InChI is InChI=1S/C20H23N3O2S2/c24-20(23-9-2-1-3-10-23)15-6-4-7-16(12-15)25-11-5-8-21-19-17-13-26-14-18(17)27-22-19/h4,6-7,12-14H,1-3,5,8-11H2,(H,21,22). The van der Waals surface area contributed by atoms with Gasteiger partial charge in [-0.1, -0.05) is 6.07 Å². The van der Waals surface area contributed by atoms with Crippen LogP contribution in [0.3, 0.4) is 0 Å². The van der Waals surface area contributed by atoms with Crippen LogP contribution in [0, 0.1) is 0 Å². The maximum atomic E-state index is 12.6. The number of carbonyl (C=O) groups excluding carboxylic acids is 1. The highest BCUT2D eigenvalue weighted by Crippen LogP contribution is 2.29. The molecule has 2 aromatic heterocycles. The summed E-state index contributed by atoms with van der Waals surface area (Å²) in [7, 11) is 0. The quantitative estimate of drug-likeness (QED) is 0.574. The van der Waals surface area contributed by atoms with E-state index in [0.29, 0.717) is 6.61 Å². The van der Waals surface area contributed by atoms with Crippen LogP contribution >= 0.6 is 22.9 Å². The maximum Gasteiger partial charge on any atom is 0.253 e. The number of carbonyl (C=O) groups is 1. The van der Waals surface area contributed by atoms with Crippen molar-refractivity contribution in [2.45, 2.75) is 25.7 Å². The molecule has 0 bridgehead atoms. The number of nitrogens with zero attached hydrogens (tertiary/aromatic N) is 2. The van der Waals surface area contributed by atoms with Gasteiger partial charge in [0, 0.05) is 41.3 Å². The molecule has 1 saturated heterocycles. The highest BCUT2D eigenvalue weighted by atomic mass is 32.1. The number of thiophene rings is 1. The van der Waals surface area contributed by atoms with E-state index in [0.717, 1.165) is 56.0 Å². The average molecular weight is 402 g/mol. The predicted octanol–water partition coefficient (Wildman–Crippen LogP) is 4.86. The number of piperidine rings is 1. The van der Waals surface area contributed by atoms with Gasteiger partial charge in [0.2, 0.25) is 0 Å². The summed E-state index contributed by atoms with van der Waals surface area (Å²) in [5.74, 6) is 1.84. The van der Waals surface area contributed by atoms with Crippen molar-refractivity contribution in [2.24, 2.45) is 0 Å². The van der Waals surface area contributed by atoms with E-state index < -0.39 is 0 Å². The molecule has 1 fully saturated rings. The topological polar surface area (TPSA) is 54.5 Å². The van der Waals surface area contributed by atoms with Crippen LogP contribution in [0.4, 0.5) is 5.82 Å². The van der Waals surface area contributed by atoms with Gasteiger partial charge >= 0.3 is 0 Å². The first-order valence-electron chi connectivity index (χ1n) is 9.39. The smallest absolute Gasteiger partial charge is 0.253 e. The predicted molar refractivity (Wildman–Crippen MR) is 112 cm³/mol. The summed E-state index contributed by atoms with van der Waals surface area (Å²) in [6, 6.07) is 7.54. The van der Waals surface area contributed by atoms with E-state index >= 15 is 0 Å². The van der Waals surface area contributed by atoms with Crippen molar-refractivity contribution in [1.82, 2.24) is 9.27 Å². The van der Waals surface area contributed by atoms with Crippen LogP contribution in [0.1, 0.15) is 36.0 Å². The number of fused-ring (bicyclic) bond motifs is 1. The van der Waals surface area contributed by atoms with Crippen molar-refractivity contribution in [3.05, 3.63) is 40.6 Å². The molecule has 1 aromatic carbocycles. The monoisotopic (exact) mass is 401 g/mol. The van der Waals surface area contributed by atoms with E-state index in [1.807, 2.05) is 29.2 Å². The minimum atomic E-state index is 0.116. The molecule has 1 N–H and O–H groups in total. The molecule has 0 atom stereocenters. The van der Waals surface area contributed by atoms with E-state index in [2.05, 4.69) is 20.5 Å². The number of nitrogens with one attached hydrogen (secondary N) is 1. The second kappa shape index (κ2) is 8.71. The molecule has 1 amide bonds. The van der Waals surface area contributed by atoms with Gasteiger partial charge in [0.05, 0.1) is 11.3 Å². The largest absolute Gasteiger partial charge is 0.494 e. The summed E-state index contributed by atoms with van der Waals surface area (Å²) in [5.41, 5.74) is 0.717. The maximum absolute atomic E-state index is 12.6. The highest BCUT2D eigenvalue weighted by molar-refractivity contribution is 7.19. The first-order valence-corrected chi connectivity index (χ1v) is 11.1. The zero-order chi connectivity index (χ0) is 18.5. The molecule has 0 unspecified atom stereocenters. The van der Waals surface area contributed by atoms with Crippen molar-refractivity contribution in [1.29, 1.82) is 0 Å². The molecule has 1 aliphatic heterocycles. The zero-order valence-electron chi connectivity index (χ0n) is 15.1. The minimum absolute atomic E-state index is 0.116. The molecule has 27 heavy (non-hydrogen) atoms. The first-order chi connectivity index (χ1) is 13.3. The van der Waals surface area contributed by atoms with Crippen LogP contribution < -0.4 is 10.1 Å². The van der Waals surface area contributed by atoms with Crippen molar-refractivity contribution in [3.8, 4) is 5.75 Å². The second-order valence-corrected chi connectivity index (χ2v) is 8.24. The number of hydrogen-bond donors (Lipinski definition) is 1. The number of rotatable bonds is 7. The number of hydrogen-bond acceptors (Lipinski definition) is 6. The van der Waals surface area contributed by atoms with Gasteiger partial charge in [0.25, 0.3) is 5.91 Å². The molecule has 3 aromatic rings. The van der Waals surface area contributed by atoms with Crippen LogP contribution in [-0.2, 0) is 0 Å². The van der Waals surface area contributed by atoms with Crippen molar-refractivity contribution in [2.75, 3.05) is 31.6 Å². The van der Waals surface area contributed by atoms with Crippen LogP contribution in [0.25, 0.3) is 10.1 Å². The number of anilines is 1. The van der Waals surface area contributed by atoms with E-state index in [1.165, 1.54) is 28.0 Å². The normalized spacial score (nSPS) is 14.4. The van der Waals surface area contributed by atoms with Crippen LogP contribution in [0.15, 0.2) is 35.0 Å². The molecular formula is C20H23N3O2S2. The Morgan fingerprint density at radius 2 is 2.11 bits per heavy atom. The fourth-order valence-electron chi connectivity index (χ4n) is 3.27. The molecule has 7 heteroatoms. The lowest BCUT2D eigenvalue weighted by molar-refractivity contribution is 0.0724. The molecule has 4 rings (SSSR count). The number of benzene rings is 1. The Hall–Kier alpha value is -2.12. The molecular weight excluding hydrogens is 378 g/mol. The molecule has 0 aliphatic carbocycles. The first kappa shape index (κ1) is 18.3. The lowest BCUT2D eigenvalue weighted by Crippen LogP contribution is -2.35. The lowest BCUT2D eigenvalue weighted by Gasteiger charge is -2.26. The molecule has 142 valence electrons. The minimum Gasteiger partial charge on any atom is -0.494 e. The van der Waals surface area contributed by atoms with E-state index in [4.69, 9.17) is 4.74 Å². The van der Waals surface area contributed by atoms with Gasteiger partial charge in [-0.25, -0.2) is 0 Å². The Morgan fingerprint density at radius 3 is 3.00 bits per heavy atom. The zero-order valence-corrected chi connectivity index (χ0v) is 16.8. The van der Waals surface area contributed by atoms with Gasteiger partial charge in [-0.15, -0.1) is 0 Å².